The Morgan fingerprint density at radius 2 is 2.00 bits per heavy atom. The first-order valence-corrected chi connectivity index (χ1v) is 5.96. The Labute approximate surface area is 106 Å². The largest absolute Gasteiger partial charge is 0.299 e. The Morgan fingerprint density at radius 1 is 1.28 bits per heavy atom. The van der Waals surface area contributed by atoms with Gasteiger partial charge >= 0.3 is 0 Å². The molecule has 0 saturated carbocycles. The van der Waals surface area contributed by atoms with Crippen LogP contribution in [0.15, 0.2) is 30.9 Å². The number of ketones is 1. The van der Waals surface area contributed by atoms with Crippen molar-refractivity contribution in [3.63, 3.8) is 0 Å². The highest BCUT2D eigenvalue weighted by atomic mass is 16.1. The quantitative estimate of drug-likeness (QED) is 0.801. The molecule has 94 valence electrons. The van der Waals surface area contributed by atoms with Gasteiger partial charge in [0.15, 0.2) is 0 Å². The van der Waals surface area contributed by atoms with E-state index in [9.17, 15) is 4.79 Å². The summed E-state index contributed by atoms with van der Waals surface area (Å²) in [5, 5.41) is 4.12. The maximum atomic E-state index is 12.0. The monoisotopic (exact) mass is 244 g/mol. The first-order valence-electron chi connectivity index (χ1n) is 5.96. The third-order valence-electron chi connectivity index (χ3n) is 2.64. The van der Waals surface area contributed by atoms with Gasteiger partial charge in [-0.25, -0.2) is 9.67 Å². The maximum absolute atomic E-state index is 12.0. The van der Waals surface area contributed by atoms with Gasteiger partial charge in [0, 0.05) is 24.9 Å². The lowest BCUT2D eigenvalue weighted by Gasteiger charge is -2.08. The molecule has 5 nitrogen and oxygen atoms in total. The van der Waals surface area contributed by atoms with E-state index < -0.39 is 0 Å². The lowest BCUT2D eigenvalue weighted by molar-refractivity contribution is -0.117. The summed E-state index contributed by atoms with van der Waals surface area (Å²) in [7, 11) is 0. The van der Waals surface area contributed by atoms with Crippen molar-refractivity contribution in [1.82, 2.24) is 19.7 Å². The van der Waals surface area contributed by atoms with E-state index in [0.29, 0.717) is 12.8 Å². The molecule has 0 aliphatic rings. The van der Waals surface area contributed by atoms with E-state index >= 15 is 0 Å². The Balaban J connectivity index is 2.01. The van der Waals surface area contributed by atoms with Crippen LogP contribution in [0, 0.1) is 0 Å². The van der Waals surface area contributed by atoms with Gasteiger partial charge < -0.3 is 0 Å². The molecule has 2 aromatic rings. The molecule has 2 aromatic heterocycles. The molecule has 0 atom stereocenters. The third-order valence-corrected chi connectivity index (χ3v) is 2.64. The van der Waals surface area contributed by atoms with Gasteiger partial charge in [-0.3, -0.25) is 9.78 Å². The second-order valence-electron chi connectivity index (χ2n) is 4.46. The molecule has 0 aliphatic heterocycles. The van der Waals surface area contributed by atoms with Crippen molar-refractivity contribution < 1.29 is 4.79 Å². The minimum absolute atomic E-state index is 0.135. The predicted molar refractivity (Wildman–Crippen MR) is 67.1 cm³/mol. The summed E-state index contributed by atoms with van der Waals surface area (Å²) in [4.78, 5) is 20.0. The highest BCUT2D eigenvalue weighted by Crippen LogP contribution is 2.07. The number of hydrogen-bond acceptors (Lipinski definition) is 4. The first-order chi connectivity index (χ1) is 8.66. The minimum Gasteiger partial charge on any atom is -0.299 e. The number of aromatic nitrogens is 4. The normalized spacial score (nSPS) is 10.8. The van der Waals surface area contributed by atoms with Crippen LogP contribution in [0.25, 0.3) is 0 Å². The van der Waals surface area contributed by atoms with E-state index in [-0.39, 0.29) is 11.8 Å². The Bertz CT molecular complexity index is 519. The van der Waals surface area contributed by atoms with Crippen LogP contribution in [0.2, 0.25) is 0 Å². The van der Waals surface area contributed by atoms with E-state index in [2.05, 4.69) is 15.1 Å². The van der Waals surface area contributed by atoms with E-state index in [1.165, 1.54) is 6.33 Å². The van der Waals surface area contributed by atoms with Gasteiger partial charge in [-0.15, -0.1) is 0 Å². The van der Waals surface area contributed by atoms with Crippen molar-refractivity contribution in [1.29, 1.82) is 0 Å². The summed E-state index contributed by atoms with van der Waals surface area (Å²) < 4.78 is 1.78. The summed E-state index contributed by atoms with van der Waals surface area (Å²) in [6, 6.07) is 3.92. The van der Waals surface area contributed by atoms with Crippen molar-refractivity contribution in [2.45, 2.75) is 32.7 Å². The maximum Gasteiger partial charge on any atom is 0.144 e. The highest BCUT2D eigenvalue weighted by molar-refractivity contribution is 5.82. The average molecular weight is 244 g/mol. The van der Waals surface area contributed by atoms with Crippen LogP contribution in [0.1, 0.15) is 31.3 Å². The molecular formula is C13H16N4O. The smallest absolute Gasteiger partial charge is 0.144 e. The van der Waals surface area contributed by atoms with Gasteiger partial charge in [0.25, 0.3) is 0 Å². The molecule has 0 bridgehead atoms. The Kier molecular flexibility index (Phi) is 3.82. The molecule has 0 amide bonds. The molecule has 0 spiro atoms. The molecule has 0 unspecified atom stereocenters. The van der Waals surface area contributed by atoms with Crippen LogP contribution < -0.4 is 0 Å². The topological polar surface area (TPSA) is 60.7 Å². The lowest BCUT2D eigenvalue weighted by Crippen LogP contribution is -2.14. The number of carbonyl (C=O) groups excluding carboxylic acids is 1. The lowest BCUT2D eigenvalue weighted by atomic mass is 10.1. The van der Waals surface area contributed by atoms with Crippen LogP contribution in [-0.2, 0) is 17.6 Å². The molecule has 2 heterocycles. The minimum atomic E-state index is 0.135. The fraction of sp³-hybridized carbons (Fsp3) is 0.385. The zero-order chi connectivity index (χ0) is 13.0. The molecule has 0 saturated heterocycles. The van der Waals surface area contributed by atoms with E-state index in [0.717, 1.165) is 11.4 Å². The molecule has 0 fully saturated rings. The molecule has 0 aromatic carbocycles. The van der Waals surface area contributed by atoms with Gasteiger partial charge in [0.2, 0.25) is 0 Å². The van der Waals surface area contributed by atoms with Gasteiger partial charge in [-0.05, 0) is 31.5 Å². The molecule has 0 radical (unpaired) electrons. The van der Waals surface area contributed by atoms with E-state index in [4.69, 9.17) is 0 Å². The van der Waals surface area contributed by atoms with E-state index in [1.54, 1.807) is 17.1 Å². The van der Waals surface area contributed by atoms with Crippen LogP contribution in [0.3, 0.4) is 0 Å². The summed E-state index contributed by atoms with van der Waals surface area (Å²) in [5.74, 6) is 0.861. The zero-order valence-corrected chi connectivity index (χ0v) is 10.6. The third kappa shape index (κ3) is 3.00. The zero-order valence-electron chi connectivity index (χ0n) is 10.6. The fourth-order valence-electron chi connectivity index (χ4n) is 1.80. The Morgan fingerprint density at radius 3 is 2.67 bits per heavy atom. The van der Waals surface area contributed by atoms with Gasteiger partial charge in [-0.1, -0.05) is 0 Å². The number of rotatable bonds is 5. The predicted octanol–water partition coefficient (Wildman–Crippen LogP) is 1.61. The number of hydrogen-bond donors (Lipinski definition) is 0. The number of pyridine rings is 1. The molecule has 0 N–H and O–H groups in total. The van der Waals surface area contributed by atoms with Crippen LogP contribution in [0.5, 0.6) is 0 Å². The molecular weight excluding hydrogens is 228 g/mol. The van der Waals surface area contributed by atoms with Crippen LogP contribution >= 0.6 is 0 Å². The average Bonchev–Trinajstić information content (AvgIpc) is 2.78. The summed E-state index contributed by atoms with van der Waals surface area (Å²) in [6.45, 7) is 4.04. The first kappa shape index (κ1) is 12.4. The van der Waals surface area contributed by atoms with Gasteiger partial charge in [0.05, 0.1) is 6.42 Å². The van der Waals surface area contributed by atoms with Crippen molar-refractivity contribution in [2.24, 2.45) is 0 Å². The van der Waals surface area contributed by atoms with Crippen molar-refractivity contribution in [2.75, 3.05) is 0 Å². The van der Waals surface area contributed by atoms with Gasteiger partial charge in [0.1, 0.15) is 17.9 Å². The molecule has 0 aliphatic carbocycles. The Hall–Kier alpha value is -2.04. The van der Waals surface area contributed by atoms with Gasteiger partial charge in [-0.2, -0.15) is 5.10 Å². The van der Waals surface area contributed by atoms with Crippen LogP contribution in [-0.4, -0.2) is 25.5 Å². The molecule has 18 heavy (non-hydrogen) atoms. The number of nitrogens with zero attached hydrogens (tertiary/aromatic N) is 4. The highest BCUT2D eigenvalue weighted by Gasteiger charge is 2.12. The standard InChI is InChI=1S/C13H16N4O/c1-10(2)17-13(15-9-16-17)8-12(18)7-11-3-5-14-6-4-11/h3-6,9-10H,7-8H2,1-2H3. The van der Waals surface area contributed by atoms with Crippen molar-refractivity contribution in [3.05, 3.63) is 42.2 Å². The molecule has 5 heteroatoms. The summed E-state index contributed by atoms with van der Waals surface area (Å²) in [6.07, 6.45) is 5.61. The second-order valence-corrected chi connectivity index (χ2v) is 4.46. The van der Waals surface area contributed by atoms with Crippen molar-refractivity contribution >= 4 is 5.78 Å². The fourth-order valence-corrected chi connectivity index (χ4v) is 1.80. The van der Waals surface area contributed by atoms with E-state index in [1.807, 2.05) is 26.0 Å². The second kappa shape index (κ2) is 5.53. The van der Waals surface area contributed by atoms with Crippen LogP contribution in [0.4, 0.5) is 0 Å². The summed E-state index contributed by atoms with van der Waals surface area (Å²) in [5.41, 5.74) is 0.977. The number of carbonyl (C=O) groups is 1. The van der Waals surface area contributed by atoms with Crippen molar-refractivity contribution in [3.8, 4) is 0 Å². The SMILES string of the molecule is CC(C)n1ncnc1CC(=O)Cc1ccncc1. The molecule has 2 rings (SSSR count). The number of Topliss-reactive ketones (excluding diaryl/α,β-unsaturated/α-hetero) is 1. The summed E-state index contributed by atoms with van der Waals surface area (Å²) >= 11 is 0.